The van der Waals surface area contributed by atoms with Gasteiger partial charge in [0.25, 0.3) is 0 Å². The summed E-state index contributed by atoms with van der Waals surface area (Å²) in [5.41, 5.74) is 6.61. The molecule has 1 aromatic carbocycles. The molecule has 5 nitrogen and oxygen atoms in total. The standard InChI is InChI=1S/C29H40N2O3/c1-8-30-25(16-24-10-9-21(4)33-22(5)15-24)13-19(2)27-14-20(3)31-29-12-11-26(17-28(27)29)34-23(6)18-32-7/h8,10-14,17,20-23,31H,2,9,15-16,18H2,1,3-7H3. The van der Waals surface area contributed by atoms with Gasteiger partial charge in [0.05, 0.1) is 18.8 Å². The Balaban J connectivity index is 1.86. The summed E-state index contributed by atoms with van der Waals surface area (Å²) in [5, 5.41) is 3.54. The Morgan fingerprint density at radius 1 is 1.29 bits per heavy atom. The molecular formula is C29H40N2O3. The average Bonchev–Trinajstić information content (AvgIpc) is 2.93. The summed E-state index contributed by atoms with van der Waals surface area (Å²) < 4.78 is 17.3. The van der Waals surface area contributed by atoms with Crippen LogP contribution in [-0.4, -0.2) is 44.3 Å². The molecule has 3 rings (SSSR count). The maximum absolute atomic E-state index is 6.06. The van der Waals surface area contributed by atoms with Crippen molar-refractivity contribution in [2.75, 3.05) is 19.0 Å². The Labute approximate surface area is 205 Å². The number of ether oxygens (including phenoxy) is 3. The predicted molar refractivity (Wildman–Crippen MR) is 143 cm³/mol. The number of hydrogen-bond acceptors (Lipinski definition) is 5. The molecule has 2 aliphatic rings. The van der Waals surface area contributed by atoms with Gasteiger partial charge in [0.2, 0.25) is 0 Å². The van der Waals surface area contributed by atoms with Gasteiger partial charge in [-0.25, -0.2) is 0 Å². The van der Waals surface area contributed by atoms with Crippen molar-refractivity contribution in [3.05, 3.63) is 65.4 Å². The molecule has 0 fully saturated rings. The van der Waals surface area contributed by atoms with E-state index in [4.69, 9.17) is 19.2 Å². The van der Waals surface area contributed by atoms with Crippen LogP contribution in [0.3, 0.4) is 0 Å². The van der Waals surface area contributed by atoms with Gasteiger partial charge in [-0.05, 0) is 82.9 Å². The van der Waals surface area contributed by atoms with Gasteiger partial charge in [-0.1, -0.05) is 24.3 Å². The van der Waals surface area contributed by atoms with Gasteiger partial charge in [0, 0.05) is 42.7 Å². The molecular weight excluding hydrogens is 424 g/mol. The highest BCUT2D eigenvalue weighted by Crippen LogP contribution is 2.37. The van der Waals surface area contributed by atoms with Crippen LogP contribution in [-0.2, 0) is 9.47 Å². The van der Waals surface area contributed by atoms with Crippen molar-refractivity contribution in [1.29, 1.82) is 0 Å². The molecule has 2 heterocycles. The molecule has 4 atom stereocenters. The lowest BCUT2D eigenvalue weighted by Gasteiger charge is -2.26. The number of aliphatic imine (C=N–C) groups is 1. The van der Waals surface area contributed by atoms with Crippen molar-refractivity contribution in [3.8, 4) is 5.75 Å². The van der Waals surface area contributed by atoms with Gasteiger partial charge in [-0.15, -0.1) is 0 Å². The highest BCUT2D eigenvalue weighted by molar-refractivity contribution is 5.90. The normalized spacial score (nSPS) is 23.9. The smallest absolute Gasteiger partial charge is 0.120 e. The van der Waals surface area contributed by atoms with E-state index in [1.807, 2.05) is 26.1 Å². The van der Waals surface area contributed by atoms with Crippen LogP contribution in [0, 0.1) is 0 Å². The molecule has 0 bridgehead atoms. The minimum absolute atomic E-state index is 0.0264. The fraction of sp³-hybridized carbons (Fsp3) is 0.483. The first kappa shape index (κ1) is 26.0. The highest BCUT2D eigenvalue weighted by Gasteiger charge is 2.20. The quantitative estimate of drug-likeness (QED) is 0.250. The van der Waals surface area contributed by atoms with Crippen LogP contribution in [0.2, 0.25) is 0 Å². The van der Waals surface area contributed by atoms with E-state index in [0.29, 0.717) is 6.61 Å². The molecule has 2 aliphatic heterocycles. The largest absolute Gasteiger partial charge is 0.488 e. The number of allylic oxidation sites excluding steroid dienone is 4. The summed E-state index contributed by atoms with van der Waals surface area (Å²) in [6.45, 7) is 15.4. The number of fused-ring (bicyclic) bond motifs is 1. The first-order valence-corrected chi connectivity index (χ1v) is 12.3. The third-order valence-electron chi connectivity index (χ3n) is 5.96. The van der Waals surface area contributed by atoms with E-state index in [1.165, 1.54) is 5.57 Å². The third kappa shape index (κ3) is 7.18. The fourth-order valence-electron chi connectivity index (χ4n) is 4.59. The minimum Gasteiger partial charge on any atom is -0.488 e. The summed E-state index contributed by atoms with van der Waals surface area (Å²) in [5.74, 6) is 0.820. The van der Waals surface area contributed by atoms with Crippen molar-refractivity contribution in [2.24, 2.45) is 4.99 Å². The lowest BCUT2D eigenvalue weighted by Crippen LogP contribution is -2.20. The van der Waals surface area contributed by atoms with E-state index >= 15 is 0 Å². The predicted octanol–water partition coefficient (Wildman–Crippen LogP) is 6.73. The Bertz CT molecular complexity index is 989. The number of hydrogen-bond donors (Lipinski definition) is 1. The molecule has 4 unspecified atom stereocenters. The van der Waals surface area contributed by atoms with Gasteiger partial charge in [0.15, 0.2) is 0 Å². The van der Waals surface area contributed by atoms with Crippen molar-refractivity contribution in [3.63, 3.8) is 0 Å². The molecule has 0 saturated carbocycles. The lowest BCUT2D eigenvalue weighted by atomic mass is 9.91. The molecule has 0 radical (unpaired) electrons. The second-order valence-corrected chi connectivity index (χ2v) is 9.39. The molecule has 1 aromatic rings. The zero-order valence-electron chi connectivity index (χ0n) is 21.6. The molecule has 0 aromatic heterocycles. The zero-order valence-corrected chi connectivity index (χ0v) is 21.6. The summed E-state index contributed by atoms with van der Waals surface area (Å²) >= 11 is 0. The zero-order chi connectivity index (χ0) is 24.7. The molecule has 0 aliphatic carbocycles. The Morgan fingerprint density at radius 2 is 2.09 bits per heavy atom. The average molecular weight is 465 g/mol. The first-order chi connectivity index (χ1) is 16.3. The Morgan fingerprint density at radius 3 is 2.82 bits per heavy atom. The molecule has 34 heavy (non-hydrogen) atoms. The van der Waals surface area contributed by atoms with Crippen LogP contribution in [0.15, 0.2) is 64.8 Å². The molecule has 0 amide bonds. The van der Waals surface area contributed by atoms with Crippen LogP contribution in [0.1, 0.15) is 59.4 Å². The van der Waals surface area contributed by atoms with Crippen LogP contribution in [0.5, 0.6) is 5.75 Å². The molecule has 5 heteroatoms. The van der Waals surface area contributed by atoms with Crippen molar-refractivity contribution >= 4 is 17.5 Å². The maximum Gasteiger partial charge on any atom is 0.120 e. The number of nitrogens with zero attached hydrogens (tertiary/aromatic N) is 1. The molecule has 0 saturated heterocycles. The van der Waals surface area contributed by atoms with Crippen LogP contribution in [0.25, 0.3) is 5.57 Å². The van der Waals surface area contributed by atoms with Gasteiger partial charge >= 0.3 is 0 Å². The maximum atomic E-state index is 6.06. The molecule has 1 N–H and O–H groups in total. The first-order valence-electron chi connectivity index (χ1n) is 12.3. The highest BCUT2D eigenvalue weighted by atomic mass is 16.5. The van der Waals surface area contributed by atoms with Crippen molar-refractivity contribution in [2.45, 2.75) is 78.2 Å². The second kappa shape index (κ2) is 12.2. The summed E-state index contributed by atoms with van der Waals surface area (Å²) in [7, 11) is 1.69. The topological polar surface area (TPSA) is 52.1 Å². The summed E-state index contributed by atoms with van der Waals surface area (Å²) in [6, 6.07) is 6.37. The molecule has 184 valence electrons. The van der Waals surface area contributed by atoms with E-state index < -0.39 is 0 Å². The van der Waals surface area contributed by atoms with Gasteiger partial charge in [-0.2, -0.15) is 0 Å². The van der Waals surface area contributed by atoms with Crippen molar-refractivity contribution in [1.82, 2.24) is 0 Å². The van der Waals surface area contributed by atoms with Crippen LogP contribution >= 0.6 is 0 Å². The SMILES string of the molecule is C=C(C=C(CC1=CCC(C)OC(C)C1)N=CC)C1=CC(C)Nc2ccc(OC(C)COC)cc21. The number of methoxy groups -OCH3 is 1. The fourth-order valence-corrected chi connectivity index (χ4v) is 4.59. The van der Waals surface area contributed by atoms with E-state index in [0.717, 1.165) is 53.1 Å². The number of rotatable bonds is 9. The minimum atomic E-state index is -0.0264. The van der Waals surface area contributed by atoms with Crippen LogP contribution in [0.4, 0.5) is 5.69 Å². The lowest BCUT2D eigenvalue weighted by molar-refractivity contribution is 0.0152. The van der Waals surface area contributed by atoms with Crippen molar-refractivity contribution < 1.29 is 14.2 Å². The van der Waals surface area contributed by atoms with Gasteiger partial charge < -0.3 is 19.5 Å². The Hall–Kier alpha value is -2.63. The van der Waals surface area contributed by atoms with E-state index in [1.54, 1.807) is 7.11 Å². The van der Waals surface area contributed by atoms with E-state index in [-0.39, 0.29) is 24.4 Å². The number of anilines is 1. The summed E-state index contributed by atoms with van der Waals surface area (Å²) in [4.78, 5) is 4.69. The van der Waals surface area contributed by atoms with Gasteiger partial charge in [-0.3, -0.25) is 4.99 Å². The van der Waals surface area contributed by atoms with Crippen LogP contribution < -0.4 is 10.1 Å². The summed E-state index contributed by atoms with van der Waals surface area (Å²) in [6.07, 6.45) is 11.6. The Kier molecular flexibility index (Phi) is 9.31. The monoisotopic (exact) mass is 464 g/mol. The van der Waals surface area contributed by atoms with E-state index in [9.17, 15) is 0 Å². The number of benzene rings is 1. The molecule has 0 spiro atoms. The number of nitrogens with one attached hydrogen (secondary N) is 1. The second-order valence-electron chi connectivity index (χ2n) is 9.39. The van der Waals surface area contributed by atoms with Gasteiger partial charge in [0.1, 0.15) is 11.9 Å². The van der Waals surface area contributed by atoms with E-state index in [2.05, 4.69) is 63.0 Å². The third-order valence-corrected chi connectivity index (χ3v) is 5.96.